The highest BCUT2D eigenvalue weighted by Gasteiger charge is 2.04. The largest absolute Gasteiger partial charge is 0.395 e. The summed E-state index contributed by atoms with van der Waals surface area (Å²) >= 11 is 3.05. The molecule has 1 aromatic rings. The highest BCUT2D eigenvalue weighted by Crippen LogP contribution is 2.17. The molecule has 0 aliphatic heterocycles. The van der Waals surface area contributed by atoms with Crippen LogP contribution in [0.1, 0.15) is 5.56 Å². The topological polar surface area (TPSA) is 37.3 Å². The molecule has 78 valence electrons. The first-order chi connectivity index (χ1) is 6.63. The lowest BCUT2D eigenvalue weighted by Gasteiger charge is -2.02. The highest BCUT2D eigenvalue weighted by atomic mass is 79.9. The van der Waals surface area contributed by atoms with Crippen molar-refractivity contribution in [1.82, 2.24) is 0 Å². The van der Waals surface area contributed by atoms with Gasteiger partial charge >= 0.3 is 0 Å². The van der Waals surface area contributed by atoms with E-state index in [0.717, 1.165) is 5.56 Å². The Morgan fingerprint density at radius 3 is 2.79 bits per heavy atom. The van der Waals surface area contributed by atoms with E-state index in [1.165, 1.54) is 6.07 Å². The summed E-state index contributed by atoms with van der Waals surface area (Å²) in [4.78, 5) is 0. The van der Waals surface area contributed by atoms with Crippen LogP contribution in [-0.4, -0.2) is 21.7 Å². The Hall–Kier alpha value is -0.260. The first-order valence-corrected chi connectivity index (χ1v) is 6.31. The fourth-order valence-corrected chi connectivity index (χ4v) is 2.31. The van der Waals surface area contributed by atoms with Gasteiger partial charge in [0.2, 0.25) is 0 Å². The smallest absolute Gasteiger partial charge is 0.137 e. The molecule has 0 aliphatic rings. The maximum absolute atomic E-state index is 12.8. The molecule has 5 heteroatoms. The normalized spacial score (nSPS) is 12.8. The minimum atomic E-state index is -1.08. The van der Waals surface area contributed by atoms with E-state index >= 15 is 0 Å². The molecule has 0 fully saturated rings. The zero-order valence-electron chi connectivity index (χ0n) is 7.37. The number of halogens is 2. The van der Waals surface area contributed by atoms with Crippen LogP contribution in [0.15, 0.2) is 22.7 Å². The monoisotopic (exact) mass is 280 g/mol. The van der Waals surface area contributed by atoms with E-state index in [1.807, 2.05) is 0 Å². The number of hydrogen-bond acceptors (Lipinski definition) is 2. The average Bonchev–Trinajstić information content (AvgIpc) is 2.12. The van der Waals surface area contributed by atoms with E-state index < -0.39 is 10.8 Å². The number of benzene rings is 1. The minimum Gasteiger partial charge on any atom is -0.395 e. The first kappa shape index (κ1) is 11.8. The van der Waals surface area contributed by atoms with Gasteiger partial charge in [0.1, 0.15) is 5.82 Å². The second-order valence-corrected chi connectivity index (χ2v) is 5.19. The van der Waals surface area contributed by atoms with Gasteiger partial charge in [-0.3, -0.25) is 4.21 Å². The Kier molecular flexibility index (Phi) is 4.71. The summed E-state index contributed by atoms with van der Waals surface area (Å²) in [5.41, 5.74) is 0.796. The van der Waals surface area contributed by atoms with Crippen LogP contribution in [-0.2, 0) is 16.6 Å². The van der Waals surface area contributed by atoms with Crippen LogP contribution in [0.25, 0.3) is 0 Å². The van der Waals surface area contributed by atoms with Gasteiger partial charge in [0.05, 0.1) is 11.1 Å². The van der Waals surface area contributed by atoms with Crippen molar-refractivity contribution < 1.29 is 13.7 Å². The second kappa shape index (κ2) is 5.58. The maximum Gasteiger partial charge on any atom is 0.137 e. The van der Waals surface area contributed by atoms with Crippen LogP contribution in [0, 0.1) is 5.82 Å². The van der Waals surface area contributed by atoms with Gasteiger partial charge in [0.25, 0.3) is 0 Å². The number of aliphatic hydroxyl groups excluding tert-OH is 1. The Labute approximate surface area is 92.7 Å². The molecule has 0 spiro atoms. The van der Waals surface area contributed by atoms with E-state index in [4.69, 9.17) is 5.11 Å². The zero-order chi connectivity index (χ0) is 10.6. The molecule has 1 unspecified atom stereocenters. The predicted octanol–water partition coefficient (Wildman–Crippen LogP) is 1.83. The third-order valence-electron chi connectivity index (χ3n) is 1.63. The van der Waals surface area contributed by atoms with Crippen molar-refractivity contribution in [3.63, 3.8) is 0 Å². The second-order valence-electron chi connectivity index (χ2n) is 2.76. The van der Waals surface area contributed by atoms with Crippen molar-refractivity contribution in [2.24, 2.45) is 0 Å². The Bertz CT molecular complexity index is 344. The van der Waals surface area contributed by atoms with Crippen LogP contribution < -0.4 is 0 Å². The van der Waals surface area contributed by atoms with Gasteiger partial charge in [0, 0.05) is 22.3 Å². The lowest BCUT2D eigenvalue weighted by atomic mass is 10.2. The van der Waals surface area contributed by atoms with Gasteiger partial charge in [-0.25, -0.2) is 4.39 Å². The van der Waals surface area contributed by atoms with Crippen molar-refractivity contribution in [2.75, 3.05) is 12.4 Å². The van der Waals surface area contributed by atoms with Crippen molar-refractivity contribution in [3.8, 4) is 0 Å². The van der Waals surface area contributed by atoms with Crippen LogP contribution in [0.3, 0.4) is 0 Å². The lowest BCUT2D eigenvalue weighted by Crippen LogP contribution is -2.04. The van der Waals surface area contributed by atoms with Gasteiger partial charge in [-0.2, -0.15) is 0 Å². The van der Waals surface area contributed by atoms with Gasteiger partial charge in [-0.15, -0.1) is 0 Å². The molecule has 1 atom stereocenters. The fraction of sp³-hybridized carbons (Fsp3) is 0.333. The average molecular weight is 281 g/mol. The summed E-state index contributed by atoms with van der Waals surface area (Å²) < 4.78 is 24.4. The predicted molar refractivity (Wildman–Crippen MR) is 57.9 cm³/mol. The quantitative estimate of drug-likeness (QED) is 0.914. The summed E-state index contributed by atoms with van der Waals surface area (Å²) in [5, 5.41) is 8.55. The van der Waals surface area contributed by atoms with Crippen molar-refractivity contribution >= 4 is 26.7 Å². The number of aliphatic hydroxyl groups is 1. The van der Waals surface area contributed by atoms with Crippen LogP contribution in [0.4, 0.5) is 4.39 Å². The lowest BCUT2D eigenvalue weighted by molar-refractivity contribution is 0.321. The summed E-state index contributed by atoms with van der Waals surface area (Å²) in [6, 6.07) is 4.52. The van der Waals surface area contributed by atoms with E-state index in [-0.39, 0.29) is 18.2 Å². The molecule has 1 N–H and O–H groups in total. The zero-order valence-corrected chi connectivity index (χ0v) is 9.78. The molecule has 0 radical (unpaired) electrons. The van der Waals surface area contributed by atoms with E-state index in [0.29, 0.717) is 10.2 Å². The summed E-state index contributed by atoms with van der Waals surface area (Å²) in [5.74, 6) is 0.274. The molecular formula is C9H10BrFO2S. The molecule has 0 bridgehead atoms. The molecule has 2 nitrogen and oxygen atoms in total. The van der Waals surface area contributed by atoms with Crippen molar-refractivity contribution in [1.29, 1.82) is 0 Å². The SMILES string of the molecule is O=S(CCO)Cc1ccc(F)c(Br)c1. The molecule has 1 aromatic carbocycles. The molecule has 0 saturated carbocycles. The molecule has 0 aliphatic carbocycles. The van der Waals surface area contributed by atoms with Crippen LogP contribution in [0.5, 0.6) is 0 Å². The van der Waals surface area contributed by atoms with Gasteiger partial charge in [0.15, 0.2) is 0 Å². The maximum atomic E-state index is 12.8. The van der Waals surface area contributed by atoms with Gasteiger partial charge in [-0.1, -0.05) is 6.07 Å². The molecular weight excluding hydrogens is 271 g/mol. The summed E-state index contributed by atoms with van der Waals surface area (Å²) in [7, 11) is -1.08. The third-order valence-corrected chi connectivity index (χ3v) is 3.53. The Balaban J connectivity index is 2.68. The van der Waals surface area contributed by atoms with Crippen molar-refractivity contribution in [2.45, 2.75) is 5.75 Å². The standard InChI is InChI=1S/C9H10BrFO2S/c10-8-5-7(1-2-9(8)11)6-14(13)4-3-12/h1-2,5,12H,3-4,6H2. The molecule has 0 aromatic heterocycles. The molecule has 1 rings (SSSR count). The van der Waals surface area contributed by atoms with E-state index in [1.54, 1.807) is 12.1 Å². The third kappa shape index (κ3) is 3.48. The van der Waals surface area contributed by atoms with E-state index in [2.05, 4.69) is 15.9 Å². The fourth-order valence-electron chi connectivity index (χ4n) is 0.989. The van der Waals surface area contributed by atoms with Gasteiger partial charge < -0.3 is 5.11 Å². The van der Waals surface area contributed by atoms with Crippen molar-refractivity contribution in [3.05, 3.63) is 34.1 Å². The minimum absolute atomic E-state index is 0.0883. The van der Waals surface area contributed by atoms with E-state index in [9.17, 15) is 8.60 Å². The molecule has 14 heavy (non-hydrogen) atoms. The van der Waals surface area contributed by atoms with Crippen LogP contribution >= 0.6 is 15.9 Å². The molecule has 0 amide bonds. The van der Waals surface area contributed by atoms with Crippen LogP contribution in [0.2, 0.25) is 0 Å². The molecule has 0 saturated heterocycles. The van der Waals surface area contributed by atoms with Gasteiger partial charge in [-0.05, 0) is 33.6 Å². The summed E-state index contributed by atoms with van der Waals surface area (Å²) in [6.07, 6.45) is 0. The summed E-state index contributed by atoms with van der Waals surface area (Å²) in [6.45, 7) is -0.0883. The Morgan fingerprint density at radius 1 is 1.50 bits per heavy atom. The number of rotatable bonds is 4. The molecule has 0 heterocycles. The Morgan fingerprint density at radius 2 is 2.21 bits per heavy atom. The highest BCUT2D eigenvalue weighted by molar-refractivity contribution is 9.10. The first-order valence-electron chi connectivity index (χ1n) is 4.03. The number of hydrogen-bond donors (Lipinski definition) is 1.